The molecule has 0 saturated heterocycles. The highest BCUT2D eigenvalue weighted by Gasteiger charge is 2.07. The third kappa shape index (κ3) is 3.20. The molecule has 2 heterocycles. The maximum Gasteiger partial charge on any atom is 0.146 e. The van der Waals surface area contributed by atoms with Crippen LogP contribution < -0.4 is 5.32 Å². The molecule has 0 aliphatic rings. The normalized spacial score (nSPS) is 11.3. The zero-order valence-corrected chi connectivity index (χ0v) is 11.3. The first-order valence-electron chi connectivity index (χ1n) is 6.35. The van der Waals surface area contributed by atoms with E-state index in [0.717, 1.165) is 25.5 Å². The number of hydrogen-bond donors (Lipinski definition) is 1. The van der Waals surface area contributed by atoms with Crippen molar-refractivity contribution in [3.8, 4) is 0 Å². The molecule has 0 amide bonds. The molecule has 0 aliphatic carbocycles. The third-order valence-corrected chi connectivity index (χ3v) is 2.75. The van der Waals surface area contributed by atoms with Crippen LogP contribution in [0.25, 0.3) is 0 Å². The lowest BCUT2D eigenvalue weighted by Crippen LogP contribution is -2.12. The summed E-state index contributed by atoms with van der Waals surface area (Å²) >= 11 is 0. The topological polar surface area (TPSA) is 47.7 Å². The van der Waals surface area contributed by atoms with Gasteiger partial charge in [0.1, 0.15) is 12.2 Å². The van der Waals surface area contributed by atoms with Gasteiger partial charge in [-0.3, -0.25) is 0 Å². The van der Waals surface area contributed by atoms with E-state index in [9.17, 15) is 0 Å². The van der Waals surface area contributed by atoms with Crippen LogP contribution in [-0.4, -0.2) is 26.4 Å². The predicted molar refractivity (Wildman–Crippen MR) is 71.2 cm³/mol. The number of rotatable bonds is 6. The molecular weight excluding hydrogens is 226 g/mol. The summed E-state index contributed by atoms with van der Waals surface area (Å²) in [6.07, 6.45) is 5.86. The van der Waals surface area contributed by atoms with Crippen molar-refractivity contribution in [2.24, 2.45) is 5.92 Å². The number of nitrogens with one attached hydrogen (secondary N) is 1. The van der Waals surface area contributed by atoms with Gasteiger partial charge in [0.2, 0.25) is 0 Å². The minimum atomic E-state index is 0.579. The average molecular weight is 247 g/mol. The molecule has 2 rings (SSSR count). The maximum absolute atomic E-state index is 4.34. The van der Waals surface area contributed by atoms with Crippen LogP contribution in [0.5, 0.6) is 0 Å². The molecule has 0 aliphatic heterocycles. The molecule has 0 saturated carbocycles. The second-order valence-electron chi connectivity index (χ2n) is 4.97. The molecule has 5 nitrogen and oxygen atoms in total. The summed E-state index contributed by atoms with van der Waals surface area (Å²) in [5, 5.41) is 7.42. The molecule has 0 atom stereocenters. The van der Waals surface area contributed by atoms with Crippen LogP contribution in [0, 0.1) is 5.92 Å². The van der Waals surface area contributed by atoms with Gasteiger partial charge in [0.15, 0.2) is 0 Å². The second kappa shape index (κ2) is 5.82. The summed E-state index contributed by atoms with van der Waals surface area (Å²) in [6, 6.07) is 2.12. The van der Waals surface area contributed by atoms with E-state index in [1.807, 2.05) is 11.7 Å². The van der Waals surface area contributed by atoms with Gasteiger partial charge in [-0.25, -0.2) is 9.67 Å². The first-order chi connectivity index (χ1) is 8.69. The maximum atomic E-state index is 4.34. The Labute approximate surface area is 108 Å². The van der Waals surface area contributed by atoms with Gasteiger partial charge < -0.3 is 9.88 Å². The predicted octanol–water partition coefficient (Wildman–Crippen LogP) is 1.50. The van der Waals surface area contributed by atoms with E-state index < -0.39 is 0 Å². The second-order valence-corrected chi connectivity index (χ2v) is 4.97. The summed E-state index contributed by atoms with van der Waals surface area (Å²) < 4.78 is 4.13. The van der Waals surface area contributed by atoms with Gasteiger partial charge in [-0.05, 0) is 24.6 Å². The van der Waals surface area contributed by atoms with E-state index in [4.69, 9.17) is 0 Å². The Morgan fingerprint density at radius 2 is 2.22 bits per heavy atom. The zero-order valence-electron chi connectivity index (χ0n) is 11.3. The first-order valence-corrected chi connectivity index (χ1v) is 6.35. The van der Waals surface area contributed by atoms with Crippen LogP contribution in [0.4, 0.5) is 0 Å². The van der Waals surface area contributed by atoms with Gasteiger partial charge in [-0.15, -0.1) is 0 Å². The third-order valence-electron chi connectivity index (χ3n) is 2.75. The van der Waals surface area contributed by atoms with Crippen molar-refractivity contribution < 1.29 is 0 Å². The quantitative estimate of drug-likeness (QED) is 0.841. The van der Waals surface area contributed by atoms with Crippen molar-refractivity contribution >= 4 is 0 Å². The molecule has 0 radical (unpaired) electrons. The van der Waals surface area contributed by atoms with Crippen LogP contribution in [0.15, 0.2) is 24.8 Å². The van der Waals surface area contributed by atoms with Gasteiger partial charge in [0.25, 0.3) is 0 Å². The van der Waals surface area contributed by atoms with Crippen LogP contribution in [0.3, 0.4) is 0 Å². The van der Waals surface area contributed by atoms with Crippen molar-refractivity contribution in [2.45, 2.75) is 33.5 Å². The van der Waals surface area contributed by atoms with Crippen LogP contribution in [-0.2, 0) is 19.6 Å². The molecule has 2 aromatic rings. The van der Waals surface area contributed by atoms with E-state index in [1.165, 1.54) is 5.56 Å². The Bertz CT molecular complexity index is 483. The average Bonchev–Trinajstić information content (AvgIpc) is 2.90. The van der Waals surface area contributed by atoms with Crippen molar-refractivity contribution in [1.29, 1.82) is 0 Å². The van der Waals surface area contributed by atoms with Gasteiger partial charge in [-0.2, -0.15) is 5.10 Å². The van der Waals surface area contributed by atoms with E-state index in [0.29, 0.717) is 5.92 Å². The van der Waals surface area contributed by atoms with Crippen LogP contribution >= 0.6 is 0 Å². The standard InChI is InChI=1S/C13H21N5/c1-11(2)7-18-13(15-10-16-18)9-17-5-4-12(8-17)6-14-3/h4-5,8,10-11,14H,6-7,9H2,1-3H3. The monoisotopic (exact) mass is 247 g/mol. The Balaban J connectivity index is 2.06. The van der Waals surface area contributed by atoms with Gasteiger partial charge in [0, 0.05) is 25.5 Å². The number of hydrogen-bond acceptors (Lipinski definition) is 3. The molecule has 18 heavy (non-hydrogen) atoms. The molecule has 0 fully saturated rings. The van der Waals surface area contributed by atoms with E-state index >= 15 is 0 Å². The molecule has 0 unspecified atom stereocenters. The number of nitrogens with zero attached hydrogens (tertiary/aromatic N) is 4. The molecular formula is C13H21N5. The fourth-order valence-electron chi connectivity index (χ4n) is 1.97. The van der Waals surface area contributed by atoms with E-state index in [1.54, 1.807) is 6.33 Å². The highest BCUT2D eigenvalue weighted by atomic mass is 15.3. The van der Waals surface area contributed by atoms with Crippen molar-refractivity contribution in [2.75, 3.05) is 7.05 Å². The fraction of sp³-hybridized carbons (Fsp3) is 0.538. The Morgan fingerprint density at radius 1 is 1.39 bits per heavy atom. The minimum Gasteiger partial charge on any atom is -0.346 e. The van der Waals surface area contributed by atoms with E-state index in [2.05, 4.69) is 52.3 Å². The lowest BCUT2D eigenvalue weighted by molar-refractivity contribution is 0.461. The van der Waals surface area contributed by atoms with E-state index in [-0.39, 0.29) is 0 Å². The van der Waals surface area contributed by atoms with Gasteiger partial charge in [-0.1, -0.05) is 13.8 Å². The van der Waals surface area contributed by atoms with Crippen molar-refractivity contribution in [1.82, 2.24) is 24.6 Å². The Kier molecular flexibility index (Phi) is 4.15. The minimum absolute atomic E-state index is 0.579. The highest BCUT2D eigenvalue weighted by molar-refractivity contribution is 5.10. The van der Waals surface area contributed by atoms with Crippen molar-refractivity contribution in [3.63, 3.8) is 0 Å². The first kappa shape index (κ1) is 12.8. The molecule has 5 heteroatoms. The molecule has 0 spiro atoms. The number of aromatic nitrogens is 4. The van der Waals surface area contributed by atoms with Crippen molar-refractivity contribution in [3.05, 3.63) is 36.2 Å². The Hall–Kier alpha value is -1.62. The summed E-state index contributed by atoms with van der Waals surface area (Å²) in [5.74, 6) is 1.59. The van der Waals surface area contributed by atoms with Gasteiger partial charge in [0.05, 0.1) is 6.54 Å². The molecule has 2 aromatic heterocycles. The summed E-state index contributed by atoms with van der Waals surface area (Å²) in [6.45, 7) is 6.96. The fourth-order valence-corrected chi connectivity index (χ4v) is 1.97. The molecule has 98 valence electrons. The summed E-state index contributed by atoms with van der Waals surface area (Å²) in [5.41, 5.74) is 1.28. The summed E-state index contributed by atoms with van der Waals surface area (Å²) in [7, 11) is 1.95. The molecule has 1 N–H and O–H groups in total. The van der Waals surface area contributed by atoms with Gasteiger partial charge >= 0.3 is 0 Å². The van der Waals surface area contributed by atoms with Crippen LogP contribution in [0.2, 0.25) is 0 Å². The summed E-state index contributed by atoms with van der Waals surface area (Å²) in [4.78, 5) is 4.34. The Morgan fingerprint density at radius 3 is 2.94 bits per heavy atom. The molecule has 0 aromatic carbocycles. The zero-order chi connectivity index (χ0) is 13.0. The smallest absolute Gasteiger partial charge is 0.146 e. The SMILES string of the molecule is CNCc1ccn(Cc2ncnn2CC(C)C)c1. The highest BCUT2D eigenvalue weighted by Crippen LogP contribution is 2.06. The largest absolute Gasteiger partial charge is 0.346 e. The van der Waals surface area contributed by atoms with Crippen LogP contribution in [0.1, 0.15) is 25.2 Å². The lowest BCUT2D eigenvalue weighted by Gasteiger charge is -2.09. The lowest BCUT2D eigenvalue weighted by atomic mass is 10.2. The molecule has 0 bridgehead atoms.